The molecule has 0 unspecified atom stereocenters. The number of nitrogens with zero attached hydrogens (tertiary/aromatic N) is 7. The maximum atomic E-state index is 13.5. The molecule has 0 bridgehead atoms. The maximum absolute atomic E-state index is 13.5. The number of fused-ring (bicyclic) bond motifs is 2. The number of aryl methyl sites for hydroxylation is 1. The summed E-state index contributed by atoms with van der Waals surface area (Å²) in [4.78, 5) is 41.9. The molecule has 0 aliphatic rings. The van der Waals surface area contributed by atoms with E-state index >= 15 is 0 Å². The van der Waals surface area contributed by atoms with E-state index in [0.717, 1.165) is 4.57 Å². The summed E-state index contributed by atoms with van der Waals surface area (Å²) < 4.78 is 4.14. The first kappa shape index (κ1) is 22.0. The molecule has 0 saturated heterocycles. The van der Waals surface area contributed by atoms with E-state index in [4.69, 9.17) is 11.5 Å². The average molecular weight is 448 g/mol. The highest BCUT2D eigenvalue weighted by atomic mass is 16.2. The second kappa shape index (κ2) is 8.76. The van der Waals surface area contributed by atoms with Gasteiger partial charge in [0.1, 0.15) is 5.82 Å². The number of hydrogen-bond acceptors (Lipinski definition) is 8. The lowest BCUT2D eigenvalue weighted by atomic mass is 10.2. The molecule has 1 aromatic carbocycles. The van der Waals surface area contributed by atoms with E-state index in [1.54, 1.807) is 24.6 Å². The zero-order valence-electron chi connectivity index (χ0n) is 18.7. The Morgan fingerprint density at radius 3 is 2.61 bits per heavy atom. The molecule has 3 aromatic heterocycles. The molecule has 0 radical (unpaired) electrons. The molecule has 11 nitrogen and oxygen atoms in total. The van der Waals surface area contributed by atoms with Crippen LogP contribution in [0.2, 0.25) is 0 Å². The summed E-state index contributed by atoms with van der Waals surface area (Å²) in [6.45, 7) is 2.76. The Balaban J connectivity index is 1.93. The minimum atomic E-state index is -0.526. The molecule has 4 aromatic rings. The molecule has 4 rings (SSSR count). The van der Waals surface area contributed by atoms with Crippen molar-refractivity contribution in [1.82, 2.24) is 28.7 Å². The van der Waals surface area contributed by atoms with Crippen LogP contribution in [0, 0.1) is 11.8 Å². The Kier molecular flexibility index (Phi) is 5.85. The molecule has 0 atom stereocenters. The number of benzene rings is 1. The molecular weight excluding hydrogens is 422 g/mol. The van der Waals surface area contributed by atoms with Gasteiger partial charge in [0.25, 0.3) is 5.56 Å². The first-order chi connectivity index (χ1) is 15.9. The maximum Gasteiger partial charge on any atom is 0.332 e. The molecule has 11 heteroatoms. The Hall–Kier alpha value is -4.17. The van der Waals surface area contributed by atoms with Gasteiger partial charge in [-0.2, -0.15) is 4.98 Å². The molecule has 0 amide bonds. The number of likely N-dealkylation sites (N-methyl/N-ethyl adjacent to an activating group) is 1. The van der Waals surface area contributed by atoms with E-state index in [0.29, 0.717) is 29.9 Å². The Bertz CT molecular complexity index is 1540. The number of rotatable bonds is 6. The fraction of sp³-hybridized carbons (Fsp3) is 0.318. The molecule has 33 heavy (non-hydrogen) atoms. The third-order valence-corrected chi connectivity index (χ3v) is 5.41. The Labute approximate surface area is 189 Å². The fourth-order valence-electron chi connectivity index (χ4n) is 3.76. The van der Waals surface area contributed by atoms with Crippen molar-refractivity contribution in [2.75, 3.05) is 30.8 Å². The van der Waals surface area contributed by atoms with Crippen molar-refractivity contribution in [3.05, 3.63) is 50.9 Å². The van der Waals surface area contributed by atoms with Crippen LogP contribution < -0.4 is 27.6 Å². The van der Waals surface area contributed by atoms with Gasteiger partial charge in [-0.15, -0.1) is 5.92 Å². The van der Waals surface area contributed by atoms with Crippen LogP contribution in [0.3, 0.4) is 0 Å². The third-order valence-electron chi connectivity index (χ3n) is 5.41. The molecule has 3 heterocycles. The highest BCUT2D eigenvalue weighted by molar-refractivity contribution is 5.87. The first-order valence-electron chi connectivity index (χ1n) is 10.4. The predicted octanol–water partition coefficient (Wildman–Crippen LogP) is -0.111. The molecule has 4 N–H and O–H groups in total. The van der Waals surface area contributed by atoms with Crippen LogP contribution in [-0.4, -0.2) is 48.8 Å². The molecule has 170 valence electrons. The van der Waals surface area contributed by atoms with E-state index in [2.05, 4.69) is 26.8 Å². The van der Waals surface area contributed by atoms with Gasteiger partial charge in [0.15, 0.2) is 17.0 Å². The van der Waals surface area contributed by atoms with Crippen LogP contribution in [0.1, 0.15) is 12.7 Å². The van der Waals surface area contributed by atoms with Crippen LogP contribution in [0.15, 0.2) is 33.9 Å². The van der Waals surface area contributed by atoms with Gasteiger partial charge in [0, 0.05) is 32.6 Å². The summed E-state index contributed by atoms with van der Waals surface area (Å²) in [6.07, 6.45) is 0. The van der Waals surface area contributed by atoms with Crippen molar-refractivity contribution in [3.63, 3.8) is 0 Å². The molecule has 0 aliphatic carbocycles. The van der Waals surface area contributed by atoms with Crippen molar-refractivity contribution >= 4 is 33.8 Å². The van der Waals surface area contributed by atoms with Crippen molar-refractivity contribution < 1.29 is 0 Å². The smallest absolute Gasteiger partial charge is 0.332 e. The topological polar surface area (TPSA) is 143 Å². The minimum Gasteiger partial charge on any atom is -0.383 e. The second-order valence-electron chi connectivity index (χ2n) is 7.58. The highest BCUT2D eigenvalue weighted by Crippen LogP contribution is 2.19. The highest BCUT2D eigenvalue weighted by Gasteiger charge is 2.22. The van der Waals surface area contributed by atoms with E-state index in [9.17, 15) is 9.59 Å². The van der Waals surface area contributed by atoms with Crippen molar-refractivity contribution in [3.8, 4) is 11.8 Å². The normalized spacial score (nSPS) is 11.0. The summed E-state index contributed by atoms with van der Waals surface area (Å²) >= 11 is 0. The lowest BCUT2D eigenvalue weighted by Gasteiger charge is -2.17. The summed E-state index contributed by atoms with van der Waals surface area (Å²) in [5, 5.41) is 0.709. The lowest BCUT2D eigenvalue weighted by molar-refractivity contribution is 0.635. The average Bonchev–Trinajstić information content (AvgIpc) is 3.19. The van der Waals surface area contributed by atoms with E-state index in [1.165, 1.54) is 4.57 Å². The van der Waals surface area contributed by atoms with Gasteiger partial charge in [0.2, 0.25) is 5.95 Å². The summed E-state index contributed by atoms with van der Waals surface area (Å²) in [5.41, 5.74) is 11.9. The Morgan fingerprint density at radius 1 is 1.12 bits per heavy atom. The second-order valence-corrected chi connectivity index (χ2v) is 7.58. The quantitative estimate of drug-likeness (QED) is 0.390. The number of nitrogen functional groups attached to an aromatic ring is 1. The number of hydrogen-bond donors (Lipinski definition) is 2. The largest absolute Gasteiger partial charge is 0.383 e. The van der Waals surface area contributed by atoms with Crippen molar-refractivity contribution in [1.29, 1.82) is 0 Å². The number of anilines is 2. The zero-order chi connectivity index (χ0) is 23.7. The zero-order valence-corrected chi connectivity index (χ0v) is 18.7. The molecule has 0 saturated carbocycles. The summed E-state index contributed by atoms with van der Waals surface area (Å²) in [7, 11) is 3.40. The number of para-hydroxylation sites is 1. The van der Waals surface area contributed by atoms with Gasteiger partial charge in [-0.3, -0.25) is 18.5 Å². The van der Waals surface area contributed by atoms with Gasteiger partial charge >= 0.3 is 5.69 Å². The molecule has 0 aliphatic heterocycles. The first-order valence-corrected chi connectivity index (χ1v) is 10.4. The molecular formula is C22H25N9O2. The van der Waals surface area contributed by atoms with Gasteiger partial charge < -0.3 is 16.4 Å². The van der Waals surface area contributed by atoms with E-state index < -0.39 is 11.2 Å². The minimum absolute atomic E-state index is 0.130. The summed E-state index contributed by atoms with van der Waals surface area (Å²) in [5.74, 6) is 6.88. The van der Waals surface area contributed by atoms with Gasteiger partial charge in [-0.05, 0) is 19.1 Å². The van der Waals surface area contributed by atoms with Crippen LogP contribution in [0.4, 0.5) is 11.8 Å². The van der Waals surface area contributed by atoms with Crippen LogP contribution in [0.25, 0.3) is 22.1 Å². The van der Waals surface area contributed by atoms with Crippen molar-refractivity contribution in [2.45, 2.75) is 20.0 Å². The van der Waals surface area contributed by atoms with Crippen LogP contribution in [-0.2, 0) is 20.1 Å². The summed E-state index contributed by atoms with van der Waals surface area (Å²) in [6, 6.07) is 7.30. The number of nitrogens with two attached hydrogens (primary N) is 2. The van der Waals surface area contributed by atoms with E-state index in [-0.39, 0.29) is 35.9 Å². The fourth-order valence-corrected chi connectivity index (χ4v) is 3.76. The van der Waals surface area contributed by atoms with Crippen molar-refractivity contribution in [2.24, 2.45) is 12.8 Å². The SMILES string of the molecule is CC#CCn1c(N(C)CCN)nc2c1c(=O)n(Cc1nc(N)c3ccccc3n1)c(=O)n2C. The number of aromatic nitrogens is 6. The molecule has 0 fully saturated rings. The molecule has 0 spiro atoms. The third kappa shape index (κ3) is 3.81. The van der Waals surface area contributed by atoms with Gasteiger partial charge in [-0.1, -0.05) is 18.1 Å². The predicted molar refractivity (Wildman–Crippen MR) is 128 cm³/mol. The van der Waals surface area contributed by atoms with E-state index in [1.807, 2.05) is 30.1 Å². The van der Waals surface area contributed by atoms with Crippen LogP contribution >= 0.6 is 0 Å². The van der Waals surface area contributed by atoms with Gasteiger partial charge in [0.05, 0.1) is 18.6 Å². The number of imidazole rings is 1. The monoisotopic (exact) mass is 447 g/mol. The lowest BCUT2D eigenvalue weighted by Crippen LogP contribution is -2.40. The van der Waals surface area contributed by atoms with Gasteiger partial charge in [-0.25, -0.2) is 14.8 Å². The standard InChI is InChI=1S/C22H25N9O2/c1-4-5-11-30-17-19(27-21(30)28(2)12-10-23)29(3)22(33)31(20(17)32)13-16-25-15-9-7-6-8-14(15)18(24)26-16/h6-9H,10-13,23H2,1-3H3,(H2,24,25,26). The Morgan fingerprint density at radius 2 is 1.88 bits per heavy atom. The van der Waals surface area contributed by atoms with Crippen LogP contribution in [0.5, 0.6) is 0 Å².